The molecule has 3 N–H and O–H groups in total. The second kappa shape index (κ2) is 9.62. The maximum Gasteiger partial charge on any atom is 0.441 e. The quantitative estimate of drug-likeness (QED) is 0.574. The van der Waals surface area contributed by atoms with Gasteiger partial charge in [0.05, 0.1) is 42.5 Å². The number of alkyl halides is 3. The van der Waals surface area contributed by atoms with Crippen molar-refractivity contribution in [3.8, 4) is 17.7 Å². The van der Waals surface area contributed by atoms with Crippen LogP contribution in [0.4, 0.5) is 18.9 Å². The molecule has 1 aromatic carbocycles. The van der Waals surface area contributed by atoms with E-state index in [9.17, 15) is 23.2 Å². The van der Waals surface area contributed by atoms with E-state index in [-0.39, 0.29) is 35.6 Å². The molecular weight excluding hydrogens is 457 g/mol. The molecule has 1 unspecified atom stereocenters. The van der Waals surface area contributed by atoms with E-state index >= 15 is 0 Å². The average Bonchev–Trinajstić information content (AvgIpc) is 2.76. The van der Waals surface area contributed by atoms with Crippen molar-refractivity contribution in [2.24, 2.45) is 5.73 Å². The first-order valence-electron chi connectivity index (χ1n) is 9.76. The van der Waals surface area contributed by atoms with Gasteiger partial charge in [-0.25, -0.2) is 4.98 Å². The van der Waals surface area contributed by atoms with Gasteiger partial charge in [-0.15, -0.1) is 0 Å². The van der Waals surface area contributed by atoms with Gasteiger partial charge in [0.1, 0.15) is 5.75 Å². The first-order valence-corrected chi connectivity index (χ1v) is 10.7. The summed E-state index contributed by atoms with van der Waals surface area (Å²) in [6.07, 6.45) is 1.54. The van der Waals surface area contributed by atoms with E-state index in [1.54, 1.807) is 26.0 Å². The Morgan fingerprint density at radius 2 is 2.09 bits per heavy atom. The summed E-state index contributed by atoms with van der Waals surface area (Å²) >= 11 is -0.196. The fourth-order valence-corrected chi connectivity index (χ4v) is 4.12. The SMILES string of the molecule is COc1cc(C#N)ccc1C1C(C(N)=O)=C(C)Nc2c(C)cnc(OCCSC(F)(F)F)c21. The minimum absolute atomic E-state index is 0.0773. The van der Waals surface area contributed by atoms with Crippen LogP contribution in [0.15, 0.2) is 35.7 Å². The van der Waals surface area contributed by atoms with E-state index in [0.29, 0.717) is 33.8 Å². The molecule has 0 saturated carbocycles. The number of nitrogens with two attached hydrogens (primary N) is 1. The van der Waals surface area contributed by atoms with Crippen molar-refractivity contribution >= 4 is 23.4 Å². The number of ether oxygens (including phenoxy) is 2. The van der Waals surface area contributed by atoms with E-state index in [0.717, 1.165) is 5.56 Å². The highest BCUT2D eigenvalue weighted by atomic mass is 32.2. The number of hydrogen-bond acceptors (Lipinski definition) is 7. The normalized spacial score (nSPS) is 15.4. The van der Waals surface area contributed by atoms with Crippen LogP contribution < -0.4 is 20.5 Å². The van der Waals surface area contributed by atoms with Crippen molar-refractivity contribution in [1.82, 2.24) is 4.98 Å². The minimum Gasteiger partial charge on any atom is -0.496 e. The van der Waals surface area contributed by atoms with Crippen molar-refractivity contribution in [3.05, 3.63) is 57.9 Å². The highest BCUT2D eigenvalue weighted by molar-refractivity contribution is 8.00. The number of carbonyl (C=O) groups is 1. The number of allylic oxidation sites excluding steroid dienone is 1. The Balaban J connectivity index is 2.16. The standard InChI is InChI=1S/C22H21F3N4O3S/c1-11-10-28-21(32-6-7-33-22(23,24)25)18-17(16(20(27)30)12(2)29-19(11)18)14-5-4-13(9-26)8-15(14)31-3/h4-5,8,10,17,29H,6-7H2,1-3H3,(H2,27,30). The minimum atomic E-state index is -4.37. The summed E-state index contributed by atoms with van der Waals surface area (Å²) in [4.78, 5) is 16.8. The maximum absolute atomic E-state index is 12.5. The Kier molecular flexibility index (Phi) is 7.07. The fourth-order valence-electron chi connectivity index (χ4n) is 3.73. The number of fused-ring (bicyclic) bond motifs is 1. The summed E-state index contributed by atoms with van der Waals surface area (Å²) in [6, 6.07) is 6.80. The number of hydrogen-bond donors (Lipinski definition) is 2. The maximum atomic E-state index is 12.5. The number of thioether (sulfide) groups is 1. The van der Waals surface area contributed by atoms with Crippen LogP contribution in [0.5, 0.6) is 11.6 Å². The number of aryl methyl sites for hydroxylation is 1. The number of amides is 1. The van der Waals surface area contributed by atoms with Crippen LogP contribution >= 0.6 is 11.8 Å². The number of halogens is 3. The molecule has 33 heavy (non-hydrogen) atoms. The van der Waals surface area contributed by atoms with Crippen LogP contribution in [0.25, 0.3) is 0 Å². The summed E-state index contributed by atoms with van der Waals surface area (Å²) in [7, 11) is 1.43. The number of anilines is 1. The van der Waals surface area contributed by atoms with Gasteiger partial charge in [-0.3, -0.25) is 4.79 Å². The molecule has 0 bridgehead atoms. The summed E-state index contributed by atoms with van der Waals surface area (Å²) < 4.78 is 48.7. The lowest BCUT2D eigenvalue weighted by molar-refractivity contribution is -0.114. The first kappa shape index (κ1) is 24.3. The van der Waals surface area contributed by atoms with Gasteiger partial charge in [0.15, 0.2) is 0 Å². The number of aromatic nitrogens is 1. The number of rotatable bonds is 7. The molecule has 1 aromatic heterocycles. The number of methoxy groups -OCH3 is 1. The number of benzene rings is 1. The molecule has 0 radical (unpaired) electrons. The Morgan fingerprint density at radius 3 is 2.70 bits per heavy atom. The molecule has 0 spiro atoms. The molecule has 0 saturated heterocycles. The van der Waals surface area contributed by atoms with Crippen molar-refractivity contribution in [1.29, 1.82) is 5.26 Å². The van der Waals surface area contributed by atoms with Crippen LogP contribution in [-0.4, -0.2) is 35.9 Å². The Hall–Kier alpha value is -3.39. The largest absolute Gasteiger partial charge is 0.496 e. The lowest BCUT2D eigenvalue weighted by Gasteiger charge is -2.32. The van der Waals surface area contributed by atoms with Gasteiger partial charge in [-0.2, -0.15) is 18.4 Å². The third-order valence-corrected chi connectivity index (χ3v) is 5.79. The van der Waals surface area contributed by atoms with E-state index < -0.39 is 17.3 Å². The van der Waals surface area contributed by atoms with Crippen LogP contribution in [0.3, 0.4) is 0 Å². The van der Waals surface area contributed by atoms with E-state index in [1.165, 1.54) is 19.4 Å². The molecule has 2 heterocycles. The number of pyridine rings is 1. The Bertz CT molecular complexity index is 1160. The van der Waals surface area contributed by atoms with E-state index in [1.807, 2.05) is 6.07 Å². The summed E-state index contributed by atoms with van der Waals surface area (Å²) in [5, 5.41) is 12.4. The number of nitriles is 1. The Labute approximate surface area is 192 Å². The molecule has 1 aliphatic rings. The van der Waals surface area contributed by atoms with Crippen molar-refractivity contribution in [2.45, 2.75) is 25.3 Å². The van der Waals surface area contributed by atoms with Gasteiger partial charge in [0, 0.05) is 28.8 Å². The van der Waals surface area contributed by atoms with Crippen LogP contribution in [0, 0.1) is 18.3 Å². The number of nitrogens with zero attached hydrogens (tertiary/aromatic N) is 2. The molecule has 1 atom stereocenters. The fraction of sp³-hybridized carbons (Fsp3) is 0.318. The van der Waals surface area contributed by atoms with Crippen molar-refractivity contribution in [2.75, 3.05) is 24.8 Å². The molecule has 1 amide bonds. The zero-order chi connectivity index (χ0) is 24.3. The molecule has 0 fully saturated rings. The van der Waals surface area contributed by atoms with Gasteiger partial charge in [-0.05, 0) is 43.3 Å². The molecule has 11 heteroatoms. The van der Waals surface area contributed by atoms with Crippen molar-refractivity contribution in [3.63, 3.8) is 0 Å². The highest BCUT2D eigenvalue weighted by Crippen LogP contribution is 2.48. The number of carbonyl (C=O) groups excluding carboxylic acids is 1. The lowest BCUT2D eigenvalue weighted by Crippen LogP contribution is -2.29. The number of primary amides is 1. The first-order chi connectivity index (χ1) is 15.6. The van der Waals surface area contributed by atoms with Crippen LogP contribution in [0.1, 0.15) is 35.1 Å². The third kappa shape index (κ3) is 5.17. The van der Waals surface area contributed by atoms with Crippen LogP contribution in [-0.2, 0) is 4.79 Å². The predicted octanol–water partition coefficient (Wildman–Crippen LogP) is 4.22. The summed E-state index contributed by atoms with van der Waals surface area (Å²) in [6.45, 7) is 3.25. The topological polar surface area (TPSA) is 110 Å². The second-order valence-electron chi connectivity index (χ2n) is 7.21. The summed E-state index contributed by atoms with van der Waals surface area (Å²) in [5.41, 5.74) is 4.79. The summed E-state index contributed by atoms with van der Waals surface area (Å²) in [5.74, 6) is -1.38. The average molecular weight is 478 g/mol. The molecule has 2 aromatic rings. The third-order valence-electron chi connectivity index (χ3n) is 5.09. The lowest BCUT2D eigenvalue weighted by atomic mass is 9.79. The van der Waals surface area contributed by atoms with Gasteiger partial charge >= 0.3 is 5.51 Å². The van der Waals surface area contributed by atoms with Gasteiger partial charge < -0.3 is 20.5 Å². The highest BCUT2D eigenvalue weighted by Gasteiger charge is 2.37. The molecule has 0 aliphatic carbocycles. The Morgan fingerprint density at radius 1 is 1.36 bits per heavy atom. The van der Waals surface area contributed by atoms with E-state index in [4.69, 9.17) is 15.2 Å². The zero-order valence-corrected chi connectivity index (χ0v) is 18.9. The van der Waals surface area contributed by atoms with Gasteiger partial charge in [0.2, 0.25) is 11.8 Å². The monoisotopic (exact) mass is 478 g/mol. The predicted molar refractivity (Wildman–Crippen MR) is 118 cm³/mol. The molecule has 174 valence electrons. The van der Waals surface area contributed by atoms with Crippen molar-refractivity contribution < 1.29 is 27.4 Å². The molecule has 1 aliphatic heterocycles. The molecule has 7 nitrogen and oxygen atoms in total. The van der Waals surface area contributed by atoms with Crippen LogP contribution in [0.2, 0.25) is 0 Å². The van der Waals surface area contributed by atoms with Gasteiger partial charge in [-0.1, -0.05) is 6.07 Å². The van der Waals surface area contributed by atoms with E-state index in [2.05, 4.69) is 10.3 Å². The smallest absolute Gasteiger partial charge is 0.441 e. The molecular formula is C22H21F3N4O3S. The zero-order valence-electron chi connectivity index (χ0n) is 18.0. The molecule has 3 rings (SSSR count). The van der Waals surface area contributed by atoms with Gasteiger partial charge in [0.25, 0.3) is 0 Å². The number of nitrogens with one attached hydrogen (secondary N) is 1. The second-order valence-corrected chi connectivity index (χ2v) is 8.37.